The Bertz CT molecular complexity index is 1210. The molecule has 0 aliphatic heterocycles. The van der Waals surface area contributed by atoms with Gasteiger partial charge in [0.2, 0.25) is 5.43 Å². The van der Waals surface area contributed by atoms with Gasteiger partial charge in [-0.05, 0) is 56.2 Å². The standard InChI is InChI=1S/C23H21Cl2NO4/c1-5-26-13(3)19(14-7-9-18(30-4)12(2)10-14)22(27)20(23(28)29)21(26)15-6-8-16(24)17(25)11-15/h6-11H,5H2,1-4H3,(H,28,29). The van der Waals surface area contributed by atoms with Gasteiger partial charge in [0, 0.05) is 23.4 Å². The molecule has 1 heterocycles. The van der Waals surface area contributed by atoms with Gasteiger partial charge >= 0.3 is 5.97 Å². The number of benzene rings is 2. The molecule has 1 N–H and O–H groups in total. The van der Waals surface area contributed by atoms with Crippen molar-refractivity contribution in [1.82, 2.24) is 4.57 Å². The van der Waals surface area contributed by atoms with Crippen LogP contribution in [0, 0.1) is 13.8 Å². The van der Waals surface area contributed by atoms with Crippen LogP contribution in [-0.4, -0.2) is 22.8 Å². The maximum atomic E-state index is 13.4. The first kappa shape index (κ1) is 21.9. The van der Waals surface area contributed by atoms with Crippen molar-refractivity contribution in [1.29, 1.82) is 0 Å². The fraction of sp³-hybridized carbons (Fsp3) is 0.217. The SMILES string of the molecule is CCn1c(C)c(-c2ccc(OC)c(C)c2)c(=O)c(C(=O)O)c1-c1ccc(Cl)c(Cl)c1. The maximum absolute atomic E-state index is 13.4. The predicted molar refractivity (Wildman–Crippen MR) is 120 cm³/mol. The minimum atomic E-state index is -1.30. The number of aryl methyl sites for hydroxylation is 1. The highest BCUT2D eigenvalue weighted by atomic mass is 35.5. The number of ether oxygens (including phenoxy) is 1. The lowest BCUT2D eigenvalue weighted by Crippen LogP contribution is -2.25. The van der Waals surface area contributed by atoms with Gasteiger partial charge < -0.3 is 14.4 Å². The summed E-state index contributed by atoms with van der Waals surface area (Å²) in [5.41, 5.74) is 2.48. The molecule has 0 radical (unpaired) electrons. The highest BCUT2D eigenvalue weighted by molar-refractivity contribution is 6.42. The molecule has 3 rings (SSSR count). The van der Waals surface area contributed by atoms with E-state index in [1.165, 1.54) is 0 Å². The van der Waals surface area contributed by atoms with E-state index in [1.807, 2.05) is 31.4 Å². The zero-order chi connectivity index (χ0) is 22.2. The Morgan fingerprint density at radius 1 is 1.07 bits per heavy atom. The van der Waals surface area contributed by atoms with Gasteiger partial charge in [-0.2, -0.15) is 0 Å². The van der Waals surface area contributed by atoms with E-state index in [0.717, 1.165) is 5.56 Å². The second-order valence-electron chi connectivity index (χ2n) is 6.88. The van der Waals surface area contributed by atoms with Crippen LogP contribution in [0.1, 0.15) is 28.5 Å². The molecule has 0 fully saturated rings. The molecule has 0 aliphatic carbocycles. The minimum Gasteiger partial charge on any atom is -0.496 e. The van der Waals surface area contributed by atoms with Gasteiger partial charge in [-0.1, -0.05) is 35.3 Å². The molecule has 5 nitrogen and oxygen atoms in total. The summed E-state index contributed by atoms with van der Waals surface area (Å²) in [5, 5.41) is 10.6. The summed E-state index contributed by atoms with van der Waals surface area (Å²) in [5.74, 6) is -0.604. The molecule has 0 saturated carbocycles. The van der Waals surface area contributed by atoms with Crippen molar-refractivity contribution in [2.75, 3.05) is 7.11 Å². The lowest BCUT2D eigenvalue weighted by molar-refractivity contribution is 0.0695. The van der Waals surface area contributed by atoms with Crippen LogP contribution in [0.5, 0.6) is 5.75 Å². The summed E-state index contributed by atoms with van der Waals surface area (Å²) in [6.45, 7) is 6.04. The number of carboxylic acid groups (broad SMARTS) is 1. The van der Waals surface area contributed by atoms with Gasteiger partial charge in [0.1, 0.15) is 11.3 Å². The normalized spacial score (nSPS) is 10.9. The number of rotatable bonds is 5. The van der Waals surface area contributed by atoms with Crippen LogP contribution in [0.3, 0.4) is 0 Å². The average molecular weight is 446 g/mol. The molecule has 0 bridgehead atoms. The van der Waals surface area contributed by atoms with Gasteiger partial charge in [-0.25, -0.2) is 4.79 Å². The monoisotopic (exact) mass is 445 g/mol. The number of aromatic nitrogens is 1. The number of nitrogens with zero attached hydrogens (tertiary/aromatic N) is 1. The smallest absolute Gasteiger partial charge is 0.341 e. The molecule has 0 spiro atoms. The number of carboxylic acids is 1. The Labute approximate surface area is 184 Å². The van der Waals surface area contributed by atoms with Crippen LogP contribution in [0.25, 0.3) is 22.4 Å². The fourth-order valence-corrected chi connectivity index (χ4v) is 4.04. The van der Waals surface area contributed by atoms with Crippen LogP contribution in [0.2, 0.25) is 10.0 Å². The highest BCUT2D eigenvalue weighted by Crippen LogP contribution is 2.34. The van der Waals surface area contributed by atoms with Crippen LogP contribution in [-0.2, 0) is 6.54 Å². The number of aromatic carboxylic acids is 1. The number of halogens is 2. The van der Waals surface area contributed by atoms with E-state index < -0.39 is 11.4 Å². The lowest BCUT2D eigenvalue weighted by atomic mass is 9.95. The fourth-order valence-electron chi connectivity index (χ4n) is 3.75. The largest absolute Gasteiger partial charge is 0.496 e. The van der Waals surface area contributed by atoms with E-state index in [4.69, 9.17) is 27.9 Å². The molecule has 0 atom stereocenters. The first-order valence-corrected chi connectivity index (χ1v) is 10.1. The van der Waals surface area contributed by atoms with Crippen molar-refractivity contribution in [3.63, 3.8) is 0 Å². The Morgan fingerprint density at radius 3 is 2.27 bits per heavy atom. The van der Waals surface area contributed by atoms with Crippen molar-refractivity contribution in [3.8, 4) is 28.1 Å². The first-order valence-electron chi connectivity index (χ1n) is 9.32. The van der Waals surface area contributed by atoms with E-state index in [1.54, 1.807) is 37.4 Å². The zero-order valence-corrected chi connectivity index (χ0v) is 18.6. The molecule has 0 unspecified atom stereocenters. The Morgan fingerprint density at radius 2 is 1.73 bits per heavy atom. The molecule has 0 amide bonds. The molecule has 156 valence electrons. The quantitative estimate of drug-likeness (QED) is 0.535. The molecule has 0 saturated heterocycles. The van der Waals surface area contributed by atoms with E-state index in [2.05, 4.69) is 0 Å². The number of pyridine rings is 1. The van der Waals surface area contributed by atoms with Crippen LogP contribution >= 0.6 is 23.2 Å². The number of hydrogen-bond donors (Lipinski definition) is 1. The topological polar surface area (TPSA) is 68.5 Å². The number of carbonyl (C=O) groups is 1. The minimum absolute atomic E-state index is 0.285. The molecule has 2 aromatic carbocycles. The molecule has 0 aliphatic rings. The summed E-state index contributed by atoms with van der Waals surface area (Å²) in [7, 11) is 1.58. The van der Waals surface area contributed by atoms with E-state index in [-0.39, 0.29) is 10.6 Å². The molecule has 30 heavy (non-hydrogen) atoms. The number of hydrogen-bond acceptors (Lipinski definition) is 3. The second kappa shape index (κ2) is 8.54. The number of methoxy groups -OCH3 is 1. The molecule has 1 aromatic heterocycles. The van der Waals surface area contributed by atoms with Gasteiger partial charge in [0.15, 0.2) is 0 Å². The predicted octanol–water partition coefficient (Wildman–Crippen LogP) is 5.83. The third kappa shape index (κ3) is 3.71. The third-order valence-electron chi connectivity index (χ3n) is 5.13. The van der Waals surface area contributed by atoms with Crippen LogP contribution < -0.4 is 10.2 Å². The van der Waals surface area contributed by atoms with Crippen molar-refractivity contribution >= 4 is 29.2 Å². The first-order chi connectivity index (χ1) is 14.2. The van der Waals surface area contributed by atoms with Gasteiger partial charge in [0.05, 0.1) is 22.8 Å². The second-order valence-corrected chi connectivity index (χ2v) is 7.69. The Kier molecular flexibility index (Phi) is 6.25. The summed E-state index contributed by atoms with van der Waals surface area (Å²) < 4.78 is 7.12. The average Bonchev–Trinajstić information content (AvgIpc) is 2.69. The Balaban J connectivity index is 2.42. The summed E-state index contributed by atoms with van der Waals surface area (Å²) in [6.07, 6.45) is 0. The van der Waals surface area contributed by atoms with E-state index >= 15 is 0 Å². The van der Waals surface area contributed by atoms with Crippen LogP contribution in [0.4, 0.5) is 0 Å². The van der Waals surface area contributed by atoms with Gasteiger partial charge in [-0.3, -0.25) is 4.79 Å². The third-order valence-corrected chi connectivity index (χ3v) is 5.87. The van der Waals surface area contributed by atoms with Crippen molar-refractivity contribution < 1.29 is 14.6 Å². The van der Waals surface area contributed by atoms with Crippen molar-refractivity contribution in [2.24, 2.45) is 0 Å². The molecular formula is C23H21Cl2NO4. The van der Waals surface area contributed by atoms with Crippen molar-refractivity contribution in [3.05, 3.63) is 73.5 Å². The Hall–Kier alpha value is -2.76. The highest BCUT2D eigenvalue weighted by Gasteiger charge is 2.26. The lowest BCUT2D eigenvalue weighted by Gasteiger charge is -2.21. The summed E-state index contributed by atoms with van der Waals surface area (Å²) in [4.78, 5) is 25.6. The summed E-state index contributed by atoms with van der Waals surface area (Å²) in [6, 6.07) is 10.2. The van der Waals surface area contributed by atoms with Gasteiger partial charge in [-0.15, -0.1) is 0 Å². The molecule has 3 aromatic rings. The molecule has 7 heteroatoms. The van der Waals surface area contributed by atoms with Gasteiger partial charge in [0.25, 0.3) is 0 Å². The summed E-state index contributed by atoms with van der Waals surface area (Å²) >= 11 is 12.2. The maximum Gasteiger partial charge on any atom is 0.341 e. The van der Waals surface area contributed by atoms with E-state index in [9.17, 15) is 14.7 Å². The van der Waals surface area contributed by atoms with E-state index in [0.29, 0.717) is 45.4 Å². The van der Waals surface area contributed by atoms with Crippen LogP contribution in [0.15, 0.2) is 41.2 Å². The zero-order valence-electron chi connectivity index (χ0n) is 17.0. The molecular weight excluding hydrogens is 425 g/mol. The van der Waals surface area contributed by atoms with Crippen molar-refractivity contribution in [2.45, 2.75) is 27.3 Å².